The van der Waals surface area contributed by atoms with E-state index in [1.165, 1.54) is 10.9 Å². The molecule has 0 saturated carbocycles. The summed E-state index contributed by atoms with van der Waals surface area (Å²) in [6.07, 6.45) is 3.76. The molecule has 1 aromatic carbocycles. The average molecular weight is 405 g/mol. The fourth-order valence-electron chi connectivity index (χ4n) is 3.10. The number of rotatable bonds is 7. The molecule has 1 unspecified atom stereocenters. The summed E-state index contributed by atoms with van der Waals surface area (Å²) in [4.78, 5) is 29.5. The van der Waals surface area contributed by atoms with E-state index < -0.39 is 0 Å². The highest BCUT2D eigenvalue weighted by Gasteiger charge is 2.14. The first-order valence-electron chi connectivity index (χ1n) is 9.52. The Morgan fingerprint density at radius 2 is 2.13 bits per heavy atom. The van der Waals surface area contributed by atoms with Crippen molar-refractivity contribution in [2.75, 3.05) is 13.7 Å². The van der Waals surface area contributed by atoms with E-state index in [2.05, 4.69) is 21.5 Å². The zero-order valence-corrected chi connectivity index (χ0v) is 17.1. The third-order valence-corrected chi connectivity index (χ3v) is 4.79. The molecule has 2 N–H and O–H groups in total. The first-order valence-corrected chi connectivity index (χ1v) is 9.52. The molecule has 0 aliphatic carbocycles. The average Bonchev–Trinajstić information content (AvgIpc) is 3.13. The van der Waals surface area contributed by atoms with Crippen LogP contribution in [0.15, 0.2) is 47.5 Å². The number of pyridine rings is 1. The molecule has 2 aromatic heterocycles. The third kappa shape index (κ3) is 4.47. The molecule has 8 nitrogen and oxygen atoms in total. The highest BCUT2D eigenvalue weighted by molar-refractivity contribution is 5.94. The number of carbonyl (C=O) groups is 1. The van der Waals surface area contributed by atoms with Crippen LogP contribution in [0.25, 0.3) is 16.9 Å². The third-order valence-electron chi connectivity index (χ3n) is 4.79. The zero-order valence-electron chi connectivity index (χ0n) is 17.1. The van der Waals surface area contributed by atoms with Crippen molar-refractivity contribution in [3.05, 3.63) is 69.8 Å². The topological polar surface area (TPSA) is 113 Å². The molecule has 1 amide bonds. The van der Waals surface area contributed by atoms with Gasteiger partial charge in [-0.05, 0) is 55.7 Å². The lowest BCUT2D eigenvalue weighted by Crippen LogP contribution is -2.33. The molecule has 2 heterocycles. The maximum atomic E-state index is 12.9. The van der Waals surface area contributed by atoms with Crippen molar-refractivity contribution in [1.29, 1.82) is 5.26 Å². The van der Waals surface area contributed by atoms with E-state index in [1.807, 2.05) is 13.8 Å². The van der Waals surface area contributed by atoms with E-state index in [0.29, 0.717) is 35.5 Å². The van der Waals surface area contributed by atoms with Gasteiger partial charge in [-0.15, -0.1) is 0 Å². The SMILES string of the molecule is COCCC(C)NC(=O)c1ccc(-n2[nH]cc(-c3ccc(C#N)cc3C)c2=O)nc1. The number of benzene rings is 1. The number of amides is 1. The van der Waals surface area contributed by atoms with Gasteiger partial charge in [0, 0.05) is 32.2 Å². The number of nitrogens with zero attached hydrogens (tertiary/aromatic N) is 3. The van der Waals surface area contributed by atoms with Crippen molar-refractivity contribution in [2.24, 2.45) is 0 Å². The van der Waals surface area contributed by atoms with Gasteiger partial charge >= 0.3 is 0 Å². The number of ether oxygens (including phenoxy) is 1. The van der Waals surface area contributed by atoms with Crippen LogP contribution < -0.4 is 10.9 Å². The maximum Gasteiger partial charge on any atom is 0.280 e. The van der Waals surface area contributed by atoms with Gasteiger partial charge in [0.15, 0.2) is 5.82 Å². The summed E-state index contributed by atoms with van der Waals surface area (Å²) in [6, 6.07) is 10.5. The lowest BCUT2D eigenvalue weighted by molar-refractivity contribution is 0.0929. The quantitative estimate of drug-likeness (QED) is 0.627. The molecule has 0 fully saturated rings. The van der Waals surface area contributed by atoms with Gasteiger partial charge in [0.1, 0.15) is 0 Å². The standard InChI is InChI=1S/C22H23N5O3/c1-14-10-16(11-23)4-6-18(14)19-13-25-27(22(19)29)20-7-5-17(12-24-20)21(28)26-15(2)8-9-30-3/h4-7,10,12-13,15,25H,8-9H2,1-3H3,(H,26,28). The number of hydrogen-bond donors (Lipinski definition) is 2. The fraction of sp³-hybridized carbons (Fsp3) is 0.273. The van der Waals surface area contributed by atoms with Crippen LogP contribution in [-0.2, 0) is 4.74 Å². The Hall–Kier alpha value is -3.70. The first-order chi connectivity index (χ1) is 14.4. The van der Waals surface area contributed by atoms with Crippen molar-refractivity contribution in [3.8, 4) is 23.0 Å². The lowest BCUT2D eigenvalue weighted by atomic mass is 10.0. The van der Waals surface area contributed by atoms with E-state index in [-0.39, 0.29) is 17.5 Å². The lowest BCUT2D eigenvalue weighted by Gasteiger charge is -2.13. The molecule has 8 heteroatoms. The number of aromatic nitrogens is 3. The number of aryl methyl sites for hydroxylation is 1. The van der Waals surface area contributed by atoms with Crippen molar-refractivity contribution in [3.63, 3.8) is 0 Å². The van der Waals surface area contributed by atoms with Gasteiger partial charge in [-0.1, -0.05) is 6.07 Å². The van der Waals surface area contributed by atoms with Crippen molar-refractivity contribution < 1.29 is 9.53 Å². The Morgan fingerprint density at radius 3 is 2.77 bits per heavy atom. The predicted molar refractivity (Wildman–Crippen MR) is 112 cm³/mol. The van der Waals surface area contributed by atoms with Crippen molar-refractivity contribution in [2.45, 2.75) is 26.3 Å². The van der Waals surface area contributed by atoms with Crippen LogP contribution in [0.1, 0.15) is 34.8 Å². The van der Waals surface area contributed by atoms with E-state index in [4.69, 9.17) is 10.00 Å². The van der Waals surface area contributed by atoms with Crippen LogP contribution in [0.3, 0.4) is 0 Å². The van der Waals surface area contributed by atoms with Crippen molar-refractivity contribution in [1.82, 2.24) is 20.1 Å². The van der Waals surface area contributed by atoms with Crippen LogP contribution in [0.4, 0.5) is 0 Å². The fourth-order valence-corrected chi connectivity index (χ4v) is 3.10. The van der Waals surface area contributed by atoms with Gasteiger partial charge in [0.25, 0.3) is 11.5 Å². The number of aromatic amines is 1. The number of nitriles is 1. The Labute approximate surface area is 174 Å². The molecule has 0 spiro atoms. The molecule has 0 radical (unpaired) electrons. The van der Waals surface area contributed by atoms with Gasteiger partial charge in [-0.2, -0.15) is 5.26 Å². The van der Waals surface area contributed by atoms with Crippen LogP contribution in [0.2, 0.25) is 0 Å². The molecular formula is C22H23N5O3. The summed E-state index contributed by atoms with van der Waals surface area (Å²) in [6.45, 7) is 4.32. The van der Waals surface area contributed by atoms with Gasteiger partial charge < -0.3 is 10.1 Å². The number of nitrogens with one attached hydrogen (secondary N) is 2. The second-order valence-electron chi connectivity index (χ2n) is 7.03. The molecule has 0 bridgehead atoms. The molecule has 1 atom stereocenters. The number of hydrogen-bond acceptors (Lipinski definition) is 5. The number of methoxy groups -OCH3 is 1. The Morgan fingerprint density at radius 1 is 1.33 bits per heavy atom. The molecule has 0 aliphatic rings. The van der Waals surface area contributed by atoms with E-state index in [1.54, 1.807) is 43.6 Å². The molecule has 3 aromatic rings. The highest BCUT2D eigenvalue weighted by atomic mass is 16.5. The largest absolute Gasteiger partial charge is 0.385 e. The summed E-state index contributed by atoms with van der Waals surface area (Å²) in [7, 11) is 1.62. The minimum absolute atomic E-state index is 0.0265. The van der Waals surface area contributed by atoms with Gasteiger partial charge in [-0.3, -0.25) is 14.7 Å². The Bertz CT molecular complexity index is 1140. The molecule has 0 aliphatic heterocycles. The number of H-pyrrole nitrogens is 1. The smallest absolute Gasteiger partial charge is 0.280 e. The monoisotopic (exact) mass is 405 g/mol. The summed E-state index contributed by atoms with van der Waals surface area (Å²) in [5, 5.41) is 14.8. The highest BCUT2D eigenvalue weighted by Crippen LogP contribution is 2.21. The second kappa shape index (κ2) is 9.20. The maximum absolute atomic E-state index is 12.9. The van der Waals surface area contributed by atoms with E-state index in [9.17, 15) is 9.59 Å². The van der Waals surface area contributed by atoms with Crippen molar-refractivity contribution >= 4 is 5.91 Å². The molecular weight excluding hydrogens is 382 g/mol. The minimum Gasteiger partial charge on any atom is -0.385 e. The molecule has 0 saturated heterocycles. The summed E-state index contributed by atoms with van der Waals surface area (Å²) in [5.74, 6) is 0.145. The van der Waals surface area contributed by atoms with E-state index >= 15 is 0 Å². The van der Waals surface area contributed by atoms with Crippen LogP contribution >= 0.6 is 0 Å². The van der Waals surface area contributed by atoms with E-state index in [0.717, 1.165) is 11.1 Å². The Kier molecular flexibility index (Phi) is 6.45. The minimum atomic E-state index is -0.263. The van der Waals surface area contributed by atoms with Gasteiger partial charge in [0.2, 0.25) is 0 Å². The van der Waals surface area contributed by atoms with Gasteiger partial charge in [0.05, 0.1) is 22.8 Å². The summed E-state index contributed by atoms with van der Waals surface area (Å²) in [5.41, 5.74) is 2.74. The zero-order chi connectivity index (χ0) is 21.7. The van der Waals surface area contributed by atoms with Crippen LogP contribution in [-0.4, -0.2) is 40.4 Å². The summed E-state index contributed by atoms with van der Waals surface area (Å²) >= 11 is 0. The van der Waals surface area contributed by atoms with Gasteiger partial charge in [-0.25, -0.2) is 9.67 Å². The molecule has 154 valence electrons. The normalized spacial score (nSPS) is 11.7. The molecule has 3 rings (SSSR count). The first kappa shape index (κ1) is 21.0. The summed E-state index contributed by atoms with van der Waals surface area (Å²) < 4.78 is 6.33. The Balaban J connectivity index is 1.80. The predicted octanol–water partition coefficient (Wildman–Crippen LogP) is 2.56. The van der Waals surface area contributed by atoms with Crippen LogP contribution in [0, 0.1) is 18.3 Å². The number of carbonyl (C=O) groups excluding carboxylic acids is 1. The molecule has 30 heavy (non-hydrogen) atoms. The second-order valence-corrected chi connectivity index (χ2v) is 7.03. The van der Waals surface area contributed by atoms with Crippen LogP contribution in [0.5, 0.6) is 0 Å².